The topological polar surface area (TPSA) is 29.5 Å². The maximum Gasteiger partial charge on any atom is 0.118 e. The Morgan fingerprint density at radius 2 is 1.79 bits per heavy atom. The number of aliphatic hydroxyl groups excluding tert-OH is 1. The van der Waals surface area contributed by atoms with E-state index in [1.165, 1.54) is 0 Å². The van der Waals surface area contributed by atoms with E-state index in [-0.39, 0.29) is 0 Å². The molecule has 0 spiro atoms. The van der Waals surface area contributed by atoms with Crippen LogP contribution in [0.3, 0.4) is 0 Å². The summed E-state index contributed by atoms with van der Waals surface area (Å²) in [6.07, 6.45) is 0.321. The molecule has 0 bridgehead atoms. The summed E-state index contributed by atoms with van der Waals surface area (Å²) in [7, 11) is 1.66. The third-order valence-corrected chi connectivity index (χ3v) is 4.05. The van der Waals surface area contributed by atoms with Gasteiger partial charge in [0.1, 0.15) is 5.75 Å². The predicted molar refractivity (Wildman–Crippen MR) is 78.8 cm³/mol. The normalized spacial score (nSPS) is 12.2. The fraction of sp³-hybridized carbons (Fsp3) is 0.250. The molecule has 0 aliphatic heterocycles. The molecule has 1 N–H and O–H groups in total. The largest absolute Gasteiger partial charge is 0.497 e. The molecule has 1 atom stereocenters. The van der Waals surface area contributed by atoms with Crippen molar-refractivity contribution >= 4 is 11.8 Å². The molecule has 2 aromatic rings. The number of rotatable bonds is 5. The fourth-order valence-electron chi connectivity index (χ4n) is 1.84. The number of ether oxygens (including phenoxy) is 1. The molecule has 0 fully saturated rings. The molecule has 0 saturated heterocycles. The first-order valence-corrected chi connectivity index (χ1v) is 7.15. The molecule has 0 amide bonds. The quantitative estimate of drug-likeness (QED) is 0.882. The van der Waals surface area contributed by atoms with E-state index in [1.807, 2.05) is 55.5 Å². The number of hydrogen-bond donors (Lipinski definition) is 1. The minimum absolute atomic E-state index is 0.401. The highest BCUT2D eigenvalue weighted by Crippen LogP contribution is 2.34. The van der Waals surface area contributed by atoms with Gasteiger partial charge in [0, 0.05) is 9.79 Å². The second-order valence-electron chi connectivity index (χ2n) is 4.24. The first-order valence-electron chi connectivity index (χ1n) is 6.33. The highest BCUT2D eigenvalue weighted by Gasteiger charge is 2.10. The Morgan fingerprint density at radius 1 is 1.11 bits per heavy atom. The lowest BCUT2D eigenvalue weighted by atomic mass is 10.1. The van der Waals surface area contributed by atoms with Gasteiger partial charge in [0.2, 0.25) is 0 Å². The van der Waals surface area contributed by atoms with Gasteiger partial charge in [-0.1, -0.05) is 36.9 Å². The van der Waals surface area contributed by atoms with Crippen LogP contribution in [0.2, 0.25) is 0 Å². The monoisotopic (exact) mass is 274 g/mol. The minimum Gasteiger partial charge on any atom is -0.497 e. The minimum atomic E-state index is -0.401. The van der Waals surface area contributed by atoms with Gasteiger partial charge in [-0.25, -0.2) is 0 Å². The molecule has 19 heavy (non-hydrogen) atoms. The van der Waals surface area contributed by atoms with Gasteiger partial charge in [-0.3, -0.25) is 0 Å². The summed E-state index contributed by atoms with van der Waals surface area (Å²) in [5.41, 5.74) is 0.991. The van der Waals surface area contributed by atoms with Crippen LogP contribution in [0.25, 0.3) is 0 Å². The van der Waals surface area contributed by atoms with Crippen molar-refractivity contribution in [3.8, 4) is 5.75 Å². The Morgan fingerprint density at radius 3 is 2.42 bits per heavy atom. The predicted octanol–water partition coefficient (Wildman–Crippen LogP) is 4.29. The van der Waals surface area contributed by atoms with Crippen molar-refractivity contribution in [2.45, 2.75) is 29.2 Å². The molecule has 2 aromatic carbocycles. The Hall–Kier alpha value is -1.45. The number of aliphatic hydroxyl groups is 1. The molecular formula is C16H18O2S. The Bertz CT molecular complexity index is 523. The summed E-state index contributed by atoms with van der Waals surface area (Å²) in [6.45, 7) is 1.99. The second kappa shape index (κ2) is 6.64. The summed E-state index contributed by atoms with van der Waals surface area (Å²) >= 11 is 1.66. The third kappa shape index (κ3) is 3.52. The van der Waals surface area contributed by atoms with Crippen molar-refractivity contribution in [2.75, 3.05) is 7.11 Å². The molecule has 0 saturated carbocycles. The van der Waals surface area contributed by atoms with Crippen LogP contribution in [0.15, 0.2) is 58.3 Å². The molecule has 2 rings (SSSR count). The Balaban J connectivity index is 2.22. The molecule has 0 aromatic heterocycles. The summed E-state index contributed by atoms with van der Waals surface area (Å²) in [4.78, 5) is 2.23. The molecule has 0 aliphatic rings. The van der Waals surface area contributed by atoms with E-state index in [0.717, 1.165) is 27.5 Å². The number of benzene rings is 2. The number of hydrogen-bond acceptors (Lipinski definition) is 3. The summed E-state index contributed by atoms with van der Waals surface area (Å²) in [5.74, 6) is 0.853. The zero-order valence-corrected chi connectivity index (χ0v) is 12.0. The van der Waals surface area contributed by atoms with E-state index < -0.39 is 6.10 Å². The van der Waals surface area contributed by atoms with Crippen molar-refractivity contribution in [1.29, 1.82) is 0 Å². The van der Waals surface area contributed by atoms with Crippen LogP contribution in [0.5, 0.6) is 5.75 Å². The SMILES string of the molecule is CC[C@H](O)c1ccccc1Sc1ccc(OC)cc1. The molecule has 2 nitrogen and oxygen atoms in total. The van der Waals surface area contributed by atoms with Gasteiger partial charge < -0.3 is 9.84 Å². The van der Waals surface area contributed by atoms with Crippen molar-refractivity contribution in [3.63, 3.8) is 0 Å². The van der Waals surface area contributed by atoms with Crippen molar-refractivity contribution < 1.29 is 9.84 Å². The van der Waals surface area contributed by atoms with Gasteiger partial charge in [-0.15, -0.1) is 0 Å². The summed E-state index contributed by atoms with van der Waals surface area (Å²) in [5, 5.41) is 10.0. The third-order valence-electron chi connectivity index (χ3n) is 2.95. The molecule has 0 aliphatic carbocycles. The van der Waals surface area contributed by atoms with Gasteiger partial charge >= 0.3 is 0 Å². The van der Waals surface area contributed by atoms with E-state index in [1.54, 1.807) is 18.9 Å². The van der Waals surface area contributed by atoms with Crippen LogP contribution < -0.4 is 4.74 Å². The fourth-order valence-corrected chi connectivity index (χ4v) is 2.83. The molecule has 0 radical (unpaired) electrons. The maximum atomic E-state index is 10.0. The van der Waals surface area contributed by atoms with E-state index in [0.29, 0.717) is 0 Å². The van der Waals surface area contributed by atoms with Crippen LogP contribution in [0.1, 0.15) is 25.0 Å². The lowest BCUT2D eigenvalue weighted by Crippen LogP contribution is -1.97. The first-order chi connectivity index (χ1) is 9.24. The Labute approximate surface area is 118 Å². The first kappa shape index (κ1) is 14.0. The van der Waals surface area contributed by atoms with Crippen LogP contribution >= 0.6 is 11.8 Å². The van der Waals surface area contributed by atoms with Gasteiger partial charge in [-0.2, -0.15) is 0 Å². The van der Waals surface area contributed by atoms with Crippen LogP contribution in [-0.4, -0.2) is 12.2 Å². The lowest BCUT2D eigenvalue weighted by Gasteiger charge is -2.13. The van der Waals surface area contributed by atoms with Crippen molar-refractivity contribution in [2.24, 2.45) is 0 Å². The Kier molecular flexibility index (Phi) is 4.88. The van der Waals surface area contributed by atoms with E-state index in [9.17, 15) is 5.11 Å². The van der Waals surface area contributed by atoms with Gasteiger partial charge in [-0.05, 0) is 42.3 Å². The molecule has 0 heterocycles. The smallest absolute Gasteiger partial charge is 0.118 e. The van der Waals surface area contributed by atoms with Crippen molar-refractivity contribution in [1.82, 2.24) is 0 Å². The van der Waals surface area contributed by atoms with Gasteiger partial charge in [0.05, 0.1) is 13.2 Å². The van der Waals surface area contributed by atoms with Crippen LogP contribution in [-0.2, 0) is 0 Å². The highest BCUT2D eigenvalue weighted by molar-refractivity contribution is 7.99. The average molecular weight is 274 g/mol. The van der Waals surface area contributed by atoms with Crippen LogP contribution in [0, 0.1) is 0 Å². The van der Waals surface area contributed by atoms with E-state index >= 15 is 0 Å². The summed E-state index contributed by atoms with van der Waals surface area (Å²) < 4.78 is 5.15. The zero-order chi connectivity index (χ0) is 13.7. The number of methoxy groups -OCH3 is 1. The molecule has 100 valence electrons. The van der Waals surface area contributed by atoms with Gasteiger partial charge in [0.15, 0.2) is 0 Å². The average Bonchev–Trinajstić information content (AvgIpc) is 2.48. The van der Waals surface area contributed by atoms with E-state index in [4.69, 9.17) is 4.74 Å². The van der Waals surface area contributed by atoms with Crippen LogP contribution in [0.4, 0.5) is 0 Å². The molecule has 3 heteroatoms. The molecule has 0 unspecified atom stereocenters. The maximum absolute atomic E-state index is 10.0. The second-order valence-corrected chi connectivity index (χ2v) is 5.35. The molecular weight excluding hydrogens is 256 g/mol. The van der Waals surface area contributed by atoms with Crippen molar-refractivity contribution in [3.05, 3.63) is 54.1 Å². The van der Waals surface area contributed by atoms with E-state index in [2.05, 4.69) is 0 Å². The lowest BCUT2D eigenvalue weighted by molar-refractivity contribution is 0.171. The highest BCUT2D eigenvalue weighted by atomic mass is 32.2. The standard InChI is InChI=1S/C16H18O2S/c1-3-15(17)14-6-4-5-7-16(14)19-13-10-8-12(18-2)9-11-13/h4-11,15,17H,3H2,1-2H3/t15-/m0/s1. The zero-order valence-electron chi connectivity index (χ0n) is 11.2. The summed E-state index contributed by atoms with van der Waals surface area (Å²) in [6, 6.07) is 15.9. The van der Waals surface area contributed by atoms with Gasteiger partial charge in [0.25, 0.3) is 0 Å².